The molecule has 30 heavy (non-hydrogen) atoms. The molecule has 1 aliphatic rings. The molecule has 1 saturated carbocycles. The zero-order valence-electron chi connectivity index (χ0n) is 18.2. The third-order valence-corrected chi connectivity index (χ3v) is 6.43. The summed E-state index contributed by atoms with van der Waals surface area (Å²) in [4.78, 5) is 12.4. The molecule has 0 radical (unpaired) electrons. The van der Waals surface area contributed by atoms with Crippen molar-refractivity contribution < 1.29 is 9.53 Å². The van der Waals surface area contributed by atoms with Gasteiger partial charge in [0.05, 0.1) is 12.4 Å². The highest BCUT2D eigenvalue weighted by Gasteiger charge is 2.17. The zero-order chi connectivity index (χ0) is 21.2. The second-order valence-electron chi connectivity index (χ2n) is 7.82. The number of amides is 1. The summed E-state index contributed by atoms with van der Waals surface area (Å²) in [6.07, 6.45) is 9.39. The minimum Gasteiger partial charge on any atom is -0.494 e. The van der Waals surface area contributed by atoms with Crippen molar-refractivity contribution in [2.24, 2.45) is 0 Å². The van der Waals surface area contributed by atoms with Gasteiger partial charge >= 0.3 is 0 Å². The number of unbranched alkanes of at least 4 members (excludes halogenated alkanes) is 1. The van der Waals surface area contributed by atoms with Crippen molar-refractivity contribution in [1.82, 2.24) is 20.1 Å². The SMILES string of the molecule is CCCCOc1ccc(-c2nnc(SCC(=O)NC3CCCCCC3)n2CC)cc1. The quantitative estimate of drug-likeness (QED) is 0.324. The Hall–Kier alpha value is -2.02. The number of carbonyl (C=O) groups excluding carboxylic acids is 1. The highest BCUT2D eigenvalue weighted by molar-refractivity contribution is 7.99. The van der Waals surface area contributed by atoms with E-state index in [1.165, 1.54) is 37.4 Å². The fourth-order valence-electron chi connectivity index (χ4n) is 3.75. The number of nitrogens with one attached hydrogen (secondary N) is 1. The van der Waals surface area contributed by atoms with E-state index in [1.807, 2.05) is 24.3 Å². The van der Waals surface area contributed by atoms with Gasteiger partial charge in [0.15, 0.2) is 11.0 Å². The highest BCUT2D eigenvalue weighted by atomic mass is 32.2. The lowest BCUT2D eigenvalue weighted by molar-refractivity contribution is -0.119. The van der Waals surface area contributed by atoms with Gasteiger partial charge in [0.1, 0.15) is 5.75 Å². The van der Waals surface area contributed by atoms with Crippen LogP contribution in [0.2, 0.25) is 0 Å². The van der Waals surface area contributed by atoms with Gasteiger partial charge in [-0.05, 0) is 50.5 Å². The average molecular weight is 431 g/mol. The number of benzene rings is 1. The lowest BCUT2D eigenvalue weighted by Gasteiger charge is -2.16. The molecule has 0 spiro atoms. The van der Waals surface area contributed by atoms with E-state index in [2.05, 4.69) is 33.9 Å². The number of carbonyl (C=O) groups is 1. The summed E-state index contributed by atoms with van der Waals surface area (Å²) in [5.74, 6) is 2.16. The van der Waals surface area contributed by atoms with E-state index >= 15 is 0 Å². The molecule has 7 heteroatoms. The van der Waals surface area contributed by atoms with Crippen LogP contribution in [0.3, 0.4) is 0 Å². The van der Waals surface area contributed by atoms with Gasteiger partial charge < -0.3 is 14.6 Å². The van der Waals surface area contributed by atoms with Gasteiger partial charge in [-0.3, -0.25) is 4.79 Å². The fraction of sp³-hybridized carbons (Fsp3) is 0.609. The molecule has 2 aromatic rings. The first kappa shape index (κ1) is 22.7. The molecule has 1 N–H and O–H groups in total. The van der Waals surface area contributed by atoms with Crippen molar-refractivity contribution in [3.8, 4) is 17.1 Å². The number of ether oxygens (including phenoxy) is 1. The van der Waals surface area contributed by atoms with Crippen LogP contribution in [0.5, 0.6) is 5.75 Å². The predicted octanol–water partition coefficient (Wildman–Crippen LogP) is 5.08. The lowest BCUT2D eigenvalue weighted by atomic mass is 10.1. The monoisotopic (exact) mass is 430 g/mol. The Balaban J connectivity index is 1.57. The maximum Gasteiger partial charge on any atom is 0.230 e. The number of hydrogen-bond acceptors (Lipinski definition) is 5. The molecule has 0 aliphatic heterocycles. The van der Waals surface area contributed by atoms with E-state index in [4.69, 9.17) is 4.74 Å². The second-order valence-corrected chi connectivity index (χ2v) is 8.76. The van der Waals surface area contributed by atoms with Crippen LogP contribution < -0.4 is 10.1 Å². The van der Waals surface area contributed by atoms with Crippen LogP contribution in [-0.2, 0) is 11.3 Å². The minimum atomic E-state index is 0.0904. The first-order valence-electron chi connectivity index (χ1n) is 11.3. The number of rotatable bonds is 10. The molecule has 1 amide bonds. The third-order valence-electron chi connectivity index (χ3n) is 5.46. The Morgan fingerprint density at radius 2 is 1.87 bits per heavy atom. The second kappa shape index (κ2) is 12.0. The van der Waals surface area contributed by atoms with E-state index in [-0.39, 0.29) is 5.91 Å². The molecular formula is C23H34N4O2S. The van der Waals surface area contributed by atoms with Gasteiger partial charge in [0, 0.05) is 18.2 Å². The highest BCUT2D eigenvalue weighted by Crippen LogP contribution is 2.26. The molecular weight excluding hydrogens is 396 g/mol. The van der Waals surface area contributed by atoms with Crippen molar-refractivity contribution in [2.45, 2.75) is 83.0 Å². The molecule has 164 valence electrons. The van der Waals surface area contributed by atoms with Crippen molar-refractivity contribution in [2.75, 3.05) is 12.4 Å². The summed E-state index contributed by atoms with van der Waals surface area (Å²) in [6, 6.07) is 8.33. The molecule has 0 unspecified atom stereocenters. The van der Waals surface area contributed by atoms with Crippen LogP contribution in [0.25, 0.3) is 11.4 Å². The number of thioether (sulfide) groups is 1. The van der Waals surface area contributed by atoms with Gasteiger partial charge in [-0.15, -0.1) is 10.2 Å². The molecule has 0 bridgehead atoms. The summed E-state index contributed by atoms with van der Waals surface area (Å²) in [6.45, 7) is 5.72. The van der Waals surface area contributed by atoms with Crippen LogP contribution in [-0.4, -0.2) is 39.1 Å². The molecule has 1 heterocycles. The first-order chi connectivity index (χ1) is 14.7. The number of aromatic nitrogens is 3. The van der Waals surface area contributed by atoms with Gasteiger partial charge in [0.25, 0.3) is 0 Å². The van der Waals surface area contributed by atoms with Crippen LogP contribution in [0, 0.1) is 0 Å². The van der Waals surface area contributed by atoms with Gasteiger partial charge in [0.2, 0.25) is 5.91 Å². The maximum absolute atomic E-state index is 12.4. The van der Waals surface area contributed by atoms with Gasteiger partial charge in [-0.25, -0.2) is 0 Å². The van der Waals surface area contributed by atoms with E-state index in [0.29, 0.717) is 11.8 Å². The third kappa shape index (κ3) is 6.49. The Morgan fingerprint density at radius 1 is 1.13 bits per heavy atom. The van der Waals surface area contributed by atoms with Crippen LogP contribution in [0.1, 0.15) is 65.2 Å². The van der Waals surface area contributed by atoms with Crippen molar-refractivity contribution in [3.05, 3.63) is 24.3 Å². The van der Waals surface area contributed by atoms with Crippen molar-refractivity contribution >= 4 is 17.7 Å². The summed E-state index contributed by atoms with van der Waals surface area (Å²) >= 11 is 1.46. The van der Waals surface area contributed by atoms with E-state index in [0.717, 1.165) is 61.1 Å². The summed E-state index contributed by atoms with van der Waals surface area (Å²) in [5, 5.41) is 12.7. The zero-order valence-corrected chi connectivity index (χ0v) is 19.0. The standard InChI is InChI=1S/C23H34N4O2S/c1-3-5-16-29-20-14-12-18(13-15-20)22-25-26-23(27(22)4-2)30-17-21(28)24-19-10-8-6-7-9-11-19/h12-15,19H,3-11,16-17H2,1-2H3,(H,24,28). The number of hydrogen-bond donors (Lipinski definition) is 1. The summed E-state index contributed by atoms with van der Waals surface area (Å²) < 4.78 is 7.81. The fourth-order valence-corrected chi connectivity index (χ4v) is 4.57. The van der Waals surface area contributed by atoms with Gasteiger partial charge in [-0.1, -0.05) is 50.8 Å². The normalized spacial score (nSPS) is 15.0. The first-order valence-corrected chi connectivity index (χ1v) is 12.3. The lowest BCUT2D eigenvalue weighted by Crippen LogP contribution is -2.35. The predicted molar refractivity (Wildman–Crippen MR) is 122 cm³/mol. The van der Waals surface area contributed by atoms with Crippen molar-refractivity contribution in [1.29, 1.82) is 0 Å². The molecule has 1 fully saturated rings. The molecule has 1 aromatic carbocycles. The molecule has 6 nitrogen and oxygen atoms in total. The average Bonchev–Trinajstić information content (AvgIpc) is 3.00. The summed E-state index contributed by atoms with van der Waals surface area (Å²) in [7, 11) is 0. The molecule has 0 saturated heterocycles. The van der Waals surface area contributed by atoms with Crippen LogP contribution in [0.4, 0.5) is 0 Å². The molecule has 1 aliphatic carbocycles. The Kier molecular flexibility index (Phi) is 9.05. The van der Waals surface area contributed by atoms with E-state index < -0.39 is 0 Å². The molecule has 3 rings (SSSR count). The number of nitrogens with zero attached hydrogens (tertiary/aromatic N) is 3. The van der Waals surface area contributed by atoms with E-state index in [1.54, 1.807) is 0 Å². The largest absolute Gasteiger partial charge is 0.494 e. The van der Waals surface area contributed by atoms with Gasteiger partial charge in [-0.2, -0.15) is 0 Å². The Morgan fingerprint density at radius 3 is 2.53 bits per heavy atom. The van der Waals surface area contributed by atoms with Crippen LogP contribution >= 0.6 is 11.8 Å². The topological polar surface area (TPSA) is 69.0 Å². The molecule has 0 atom stereocenters. The minimum absolute atomic E-state index is 0.0904. The maximum atomic E-state index is 12.4. The van der Waals surface area contributed by atoms with E-state index in [9.17, 15) is 4.79 Å². The van der Waals surface area contributed by atoms with Crippen LogP contribution in [0.15, 0.2) is 29.4 Å². The Labute approximate surface area is 184 Å². The van der Waals surface area contributed by atoms with Crippen molar-refractivity contribution in [3.63, 3.8) is 0 Å². The smallest absolute Gasteiger partial charge is 0.230 e. The molecule has 1 aromatic heterocycles. The Bertz CT molecular complexity index is 783. The summed E-state index contributed by atoms with van der Waals surface area (Å²) in [5.41, 5.74) is 1.00.